The number of rotatable bonds is 8. The average Bonchev–Trinajstić information content (AvgIpc) is 3.12. The monoisotopic (exact) mass is 444 g/mol. The number of carbonyl (C=O) groups excluding carboxylic acids is 2. The zero-order chi connectivity index (χ0) is 21.7. The Labute approximate surface area is 183 Å². The molecular formula is C21H21ClN4O3S. The van der Waals surface area contributed by atoms with Crippen molar-refractivity contribution in [3.8, 4) is 5.75 Å². The molecule has 1 amide bonds. The van der Waals surface area contributed by atoms with Crippen LogP contribution in [0.25, 0.3) is 0 Å². The first-order valence-corrected chi connectivity index (χ1v) is 10.5. The van der Waals surface area contributed by atoms with E-state index in [-0.39, 0.29) is 17.4 Å². The van der Waals surface area contributed by atoms with Gasteiger partial charge in [-0.2, -0.15) is 0 Å². The standard InChI is InChI=1S/C21H21ClN4O3S/c1-13(23-20(28)16-6-4-5-7-17(16)22)19-24-25-21(26(19)2)30-12-18(27)14-8-10-15(29-3)11-9-14/h4-11,13H,12H2,1-3H3,(H,23,28)/t13-/m0/s1. The molecule has 3 aromatic rings. The summed E-state index contributed by atoms with van der Waals surface area (Å²) < 4.78 is 6.87. The largest absolute Gasteiger partial charge is 0.497 e. The van der Waals surface area contributed by atoms with Gasteiger partial charge in [0.05, 0.1) is 29.5 Å². The number of amides is 1. The van der Waals surface area contributed by atoms with E-state index >= 15 is 0 Å². The van der Waals surface area contributed by atoms with Crippen molar-refractivity contribution in [3.05, 3.63) is 70.5 Å². The number of methoxy groups -OCH3 is 1. The van der Waals surface area contributed by atoms with E-state index in [1.165, 1.54) is 11.8 Å². The number of nitrogens with one attached hydrogen (secondary N) is 1. The molecule has 1 N–H and O–H groups in total. The number of hydrogen-bond acceptors (Lipinski definition) is 6. The van der Waals surface area contributed by atoms with Crippen LogP contribution in [0.15, 0.2) is 53.7 Å². The van der Waals surface area contributed by atoms with Gasteiger partial charge in [0.25, 0.3) is 5.91 Å². The van der Waals surface area contributed by atoms with Crippen LogP contribution in [0.1, 0.15) is 39.5 Å². The van der Waals surface area contributed by atoms with Crippen molar-refractivity contribution in [3.63, 3.8) is 0 Å². The summed E-state index contributed by atoms with van der Waals surface area (Å²) in [7, 11) is 3.38. The minimum absolute atomic E-state index is 0.0210. The van der Waals surface area contributed by atoms with E-state index < -0.39 is 6.04 Å². The van der Waals surface area contributed by atoms with E-state index in [1.54, 1.807) is 67.3 Å². The van der Waals surface area contributed by atoms with Crippen molar-refractivity contribution in [1.29, 1.82) is 0 Å². The van der Waals surface area contributed by atoms with Gasteiger partial charge in [0.1, 0.15) is 5.75 Å². The summed E-state index contributed by atoms with van der Waals surface area (Å²) in [5.41, 5.74) is 0.999. The van der Waals surface area contributed by atoms with Crippen molar-refractivity contribution in [2.75, 3.05) is 12.9 Å². The number of carbonyl (C=O) groups is 2. The molecule has 3 rings (SSSR count). The minimum atomic E-state index is -0.391. The highest BCUT2D eigenvalue weighted by atomic mass is 35.5. The quantitative estimate of drug-likeness (QED) is 0.418. The van der Waals surface area contributed by atoms with Crippen molar-refractivity contribution < 1.29 is 14.3 Å². The highest BCUT2D eigenvalue weighted by Gasteiger charge is 2.20. The van der Waals surface area contributed by atoms with E-state index in [1.807, 2.05) is 6.92 Å². The zero-order valence-electron chi connectivity index (χ0n) is 16.8. The van der Waals surface area contributed by atoms with E-state index in [4.69, 9.17) is 16.3 Å². The van der Waals surface area contributed by atoms with E-state index in [0.717, 1.165) is 0 Å². The van der Waals surface area contributed by atoms with Crippen LogP contribution in [0.5, 0.6) is 5.75 Å². The fourth-order valence-corrected chi connectivity index (χ4v) is 3.84. The molecule has 0 radical (unpaired) electrons. The number of halogens is 1. The van der Waals surface area contributed by atoms with Crippen LogP contribution in [0, 0.1) is 0 Å². The summed E-state index contributed by atoms with van der Waals surface area (Å²) in [6, 6.07) is 13.4. The molecule has 0 saturated heterocycles. The van der Waals surface area contributed by atoms with Crippen LogP contribution in [0.2, 0.25) is 5.02 Å². The first kappa shape index (κ1) is 21.9. The minimum Gasteiger partial charge on any atom is -0.497 e. The Morgan fingerprint density at radius 1 is 1.17 bits per heavy atom. The molecule has 1 aromatic heterocycles. The number of aromatic nitrogens is 3. The normalized spacial score (nSPS) is 11.7. The van der Waals surface area contributed by atoms with Crippen molar-refractivity contribution in [2.24, 2.45) is 7.05 Å². The van der Waals surface area contributed by atoms with Gasteiger partial charge in [-0.3, -0.25) is 9.59 Å². The van der Waals surface area contributed by atoms with Crippen LogP contribution in [-0.4, -0.2) is 39.3 Å². The molecule has 0 aliphatic heterocycles. The summed E-state index contributed by atoms with van der Waals surface area (Å²) in [6.07, 6.45) is 0. The van der Waals surface area contributed by atoms with Crippen molar-refractivity contribution in [2.45, 2.75) is 18.1 Å². The van der Waals surface area contributed by atoms with Gasteiger partial charge in [-0.05, 0) is 43.3 Å². The molecule has 0 unspecified atom stereocenters. The maximum absolute atomic E-state index is 12.5. The molecule has 2 aromatic carbocycles. The fraction of sp³-hybridized carbons (Fsp3) is 0.238. The lowest BCUT2D eigenvalue weighted by Gasteiger charge is -2.14. The van der Waals surface area contributed by atoms with Crippen LogP contribution < -0.4 is 10.1 Å². The summed E-state index contributed by atoms with van der Waals surface area (Å²) in [4.78, 5) is 24.9. The molecule has 1 heterocycles. The number of ether oxygens (including phenoxy) is 1. The van der Waals surface area contributed by atoms with Gasteiger partial charge in [0.2, 0.25) is 0 Å². The van der Waals surface area contributed by atoms with E-state index in [0.29, 0.717) is 32.9 Å². The molecule has 0 fully saturated rings. The number of Topliss-reactive ketones (excluding diaryl/α,β-unsaturated/α-hetero) is 1. The molecule has 9 heteroatoms. The second-order valence-electron chi connectivity index (χ2n) is 6.52. The highest BCUT2D eigenvalue weighted by molar-refractivity contribution is 7.99. The Bertz CT molecular complexity index is 1050. The van der Waals surface area contributed by atoms with Crippen molar-refractivity contribution >= 4 is 35.1 Å². The number of thioether (sulfide) groups is 1. The van der Waals surface area contributed by atoms with E-state index in [9.17, 15) is 9.59 Å². The molecule has 156 valence electrons. The lowest BCUT2D eigenvalue weighted by molar-refractivity contribution is 0.0937. The molecule has 0 spiro atoms. The van der Waals surface area contributed by atoms with E-state index in [2.05, 4.69) is 15.5 Å². The van der Waals surface area contributed by atoms with Crippen LogP contribution in [0.3, 0.4) is 0 Å². The number of ketones is 1. The van der Waals surface area contributed by atoms with Gasteiger partial charge < -0.3 is 14.6 Å². The first-order chi connectivity index (χ1) is 14.4. The summed E-state index contributed by atoms with van der Waals surface area (Å²) in [5, 5.41) is 12.2. The molecular weight excluding hydrogens is 424 g/mol. The molecule has 0 aliphatic rings. The Morgan fingerprint density at radius 2 is 1.87 bits per heavy atom. The molecule has 1 atom stereocenters. The molecule has 30 heavy (non-hydrogen) atoms. The fourth-order valence-electron chi connectivity index (χ4n) is 2.80. The summed E-state index contributed by atoms with van der Waals surface area (Å²) in [6.45, 7) is 1.82. The second kappa shape index (κ2) is 9.77. The smallest absolute Gasteiger partial charge is 0.253 e. The average molecular weight is 445 g/mol. The topological polar surface area (TPSA) is 86.1 Å². The Morgan fingerprint density at radius 3 is 2.53 bits per heavy atom. The van der Waals surface area contributed by atoms with Crippen LogP contribution >= 0.6 is 23.4 Å². The predicted molar refractivity (Wildman–Crippen MR) is 116 cm³/mol. The number of benzene rings is 2. The zero-order valence-corrected chi connectivity index (χ0v) is 18.3. The van der Waals surface area contributed by atoms with Crippen molar-refractivity contribution in [1.82, 2.24) is 20.1 Å². The Kier molecular flexibility index (Phi) is 7.12. The van der Waals surface area contributed by atoms with Gasteiger partial charge in [-0.1, -0.05) is 35.5 Å². The van der Waals surface area contributed by atoms with Gasteiger partial charge in [-0.25, -0.2) is 0 Å². The van der Waals surface area contributed by atoms with Gasteiger partial charge in [0.15, 0.2) is 16.8 Å². The Balaban J connectivity index is 1.62. The second-order valence-corrected chi connectivity index (χ2v) is 7.86. The van der Waals surface area contributed by atoms with Gasteiger partial charge in [-0.15, -0.1) is 10.2 Å². The number of nitrogens with zero attached hydrogens (tertiary/aromatic N) is 3. The molecule has 7 nitrogen and oxygen atoms in total. The van der Waals surface area contributed by atoms with Crippen LogP contribution in [-0.2, 0) is 7.05 Å². The third-order valence-electron chi connectivity index (χ3n) is 4.47. The third-order valence-corrected chi connectivity index (χ3v) is 5.82. The SMILES string of the molecule is COc1ccc(C(=O)CSc2nnc([C@H](C)NC(=O)c3ccccc3Cl)n2C)cc1. The molecule has 0 bridgehead atoms. The predicted octanol–water partition coefficient (Wildman–Crippen LogP) is 3.94. The number of hydrogen-bond donors (Lipinski definition) is 1. The lowest BCUT2D eigenvalue weighted by Crippen LogP contribution is -2.28. The summed E-state index contributed by atoms with van der Waals surface area (Å²) >= 11 is 7.38. The van der Waals surface area contributed by atoms with Gasteiger partial charge >= 0.3 is 0 Å². The molecule has 0 saturated carbocycles. The lowest BCUT2D eigenvalue weighted by atomic mass is 10.1. The third kappa shape index (κ3) is 5.01. The highest BCUT2D eigenvalue weighted by Crippen LogP contribution is 2.22. The molecule has 0 aliphatic carbocycles. The maximum Gasteiger partial charge on any atom is 0.253 e. The van der Waals surface area contributed by atoms with Crippen LogP contribution in [0.4, 0.5) is 0 Å². The maximum atomic E-state index is 12.5. The Hall–Kier alpha value is -2.84. The summed E-state index contributed by atoms with van der Waals surface area (Å²) in [5.74, 6) is 1.19. The van der Waals surface area contributed by atoms with Gasteiger partial charge in [0, 0.05) is 12.6 Å². The first-order valence-electron chi connectivity index (χ1n) is 9.15.